The Morgan fingerprint density at radius 3 is 2.41 bits per heavy atom. The van der Waals surface area contributed by atoms with E-state index in [0.717, 1.165) is 76.5 Å². The van der Waals surface area contributed by atoms with Gasteiger partial charge in [-0.15, -0.1) is 0 Å². The molecule has 2 aliphatic heterocycles. The number of rotatable bonds is 8. The molecule has 8 heteroatoms. The predicted molar refractivity (Wildman–Crippen MR) is 146 cm³/mol. The van der Waals surface area contributed by atoms with Crippen LogP contribution in [-0.2, 0) is 13.1 Å². The molecule has 0 spiro atoms. The molecule has 0 bridgehead atoms. The molecule has 2 fully saturated rings. The highest BCUT2D eigenvalue weighted by atomic mass is 35.5. The minimum absolute atomic E-state index is 0.0719. The molecule has 3 aromatic rings. The number of hydrogen-bond donors (Lipinski definition) is 2. The summed E-state index contributed by atoms with van der Waals surface area (Å²) in [6, 6.07) is 16.1. The first kappa shape index (κ1) is 25.8. The summed E-state index contributed by atoms with van der Waals surface area (Å²) in [7, 11) is 0. The molecule has 0 saturated carbocycles. The van der Waals surface area contributed by atoms with Gasteiger partial charge in [-0.3, -0.25) is 14.6 Å². The van der Waals surface area contributed by atoms with Crippen LogP contribution in [0, 0.1) is 6.92 Å². The van der Waals surface area contributed by atoms with Gasteiger partial charge in [-0.1, -0.05) is 41.9 Å². The van der Waals surface area contributed by atoms with Crippen LogP contribution in [0.3, 0.4) is 0 Å². The number of carbonyl (C=O) groups is 1. The number of halogens is 1. The molecule has 0 atom stereocenters. The number of nitrogens with zero attached hydrogens (tertiary/aromatic N) is 3. The first-order chi connectivity index (χ1) is 18.0. The second-order valence-electron chi connectivity index (χ2n) is 10.2. The third-order valence-electron chi connectivity index (χ3n) is 7.34. The van der Waals surface area contributed by atoms with Crippen molar-refractivity contribution in [3.05, 3.63) is 82.4 Å². The summed E-state index contributed by atoms with van der Waals surface area (Å²) < 4.78 is 6.22. The lowest BCUT2D eigenvalue weighted by Crippen LogP contribution is -2.44. The number of aromatic nitrogens is 2. The monoisotopic (exact) mass is 521 g/mol. The largest absolute Gasteiger partial charge is 0.489 e. The molecule has 196 valence electrons. The lowest BCUT2D eigenvalue weighted by molar-refractivity contribution is 0.0908. The minimum atomic E-state index is -0.0719. The van der Waals surface area contributed by atoms with E-state index in [-0.39, 0.29) is 18.1 Å². The quantitative estimate of drug-likeness (QED) is 0.445. The number of hydrogen-bond acceptors (Lipinski definition) is 5. The summed E-state index contributed by atoms with van der Waals surface area (Å²) in [6.45, 7) is 7.70. The average molecular weight is 522 g/mol. The Balaban J connectivity index is 1.06. The van der Waals surface area contributed by atoms with Crippen LogP contribution in [0.4, 0.5) is 0 Å². The van der Waals surface area contributed by atoms with Gasteiger partial charge in [0.15, 0.2) is 0 Å². The van der Waals surface area contributed by atoms with Crippen molar-refractivity contribution in [3.63, 3.8) is 0 Å². The minimum Gasteiger partial charge on any atom is -0.489 e. The number of aryl methyl sites for hydroxylation is 1. The first-order valence-electron chi connectivity index (χ1n) is 13.3. The van der Waals surface area contributed by atoms with E-state index < -0.39 is 0 Å². The number of benzene rings is 2. The molecule has 3 heterocycles. The number of nitrogens with one attached hydrogen (secondary N) is 2. The maximum atomic E-state index is 12.9. The van der Waals surface area contributed by atoms with Crippen LogP contribution in [0.25, 0.3) is 0 Å². The number of ether oxygens (including phenoxy) is 1. The molecule has 37 heavy (non-hydrogen) atoms. The number of aromatic amines is 1. The molecular formula is C29H36ClN5O2. The van der Waals surface area contributed by atoms with Crippen molar-refractivity contribution in [1.82, 2.24) is 25.1 Å². The molecule has 2 N–H and O–H groups in total. The summed E-state index contributed by atoms with van der Waals surface area (Å²) in [5.41, 5.74) is 3.05. The van der Waals surface area contributed by atoms with Crippen LogP contribution >= 0.6 is 11.6 Å². The van der Waals surface area contributed by atoms with Crippen molar-refractivity contribution < 1.29 is 9.53 Å². The summed E-state index contributed by atoms with van der Waals surface area (Å²) in [5.74, 6) is 1.52. The van der Waals surface area contributed by atoms with Crippen LogP contribution in [0.2, 0.25) is 5.02 Å². The maximum Gasteiger partial charge on any atom is 0.251 e. The summed E-state index contributed by atoms with van der Waals surface area (Å²) in [5, 5.41) is 3.68. The zero-order valence-corrected chi connectivity index (χ0v) is 22.2. The van der Waals surface area contributed by atoms with Gasteiger partial charge in [-0.05, 0) is 56.4 Å². The van der Waals surface area contributed by atoms with Crippen molar-refractivity contribution in [3.8, 4) is 5.75 Å². The molecule has 1 amide bonds. The molecule has 7 nitrogen and oxygen atoms in total. The number of amides is 1. The van der Waals surface area contributed by atoms with Crippen molar-refractivity contribution in [2.24, 2.45) is 0 Å². The van der Waals surface area contributed by atoms with Crippen LogP contribution < -0.4 is 10.1 Å². The topological polar surface area (TPSA) is 73.5 Å². The third kappa shape index (κ3) is 7.12. The first-order valence-corrected chi connectivity index (χ1v) is 13.7. The Morgan fingerprint density at radius 1 is 1.03 bits per heavy atom. The van der Waals surface area contributed by atoms with Crippen molar-refractivity contribution >= 4 is 17.5 Å². The van der Waals surface area contributed by atoms with E-state index in [2.05, 4.69) is 49.4 Å². The third-order valence-corrected chi connectivity index (χ3v) is 7.64. The van der Waals surface area contributed by atoms with Crippen molar-refractivity contribution in [1.29, 1.82) is 0 Å². The summed E-state index contributed by atoms with van der Waals surface area (Å²) in [6.07, 6.45) is 5.81. The number of H-pyrrole nitrogens is 1. The van der Waals surface area contributed by atoms with Crippen LogP contribution in [-0.4, -0.2) is 64.0 Å². The summed E-state index contributed by atoms with van der Waals surface area (Å²) in [4.78, 5) is 25.3. The van der Waals surface area contributed by atoms with Crippen LogP contribution in [0.15, 0.2) is 54.7 Å². The highest BCUT2D eigenvalue weighted by Gasteiger charge is 2.24. The van der Waals surface area contributed by atoms with Gasteiger partial charge in [0.1, 0.15) is 17.7 Å². The van der Waals surface area contributed by atoms with E-state index in [1.54, 1.807) is 6.07 Å². The van der Waals surface area contributed by atoms with Crippen LogP contribution in [0.1, 0.15) is 53.1 Å². The van der Waals surface area contributed by atoms with Crippen molar-refractivity contribution in [2.75, 3.05) is 26.2 Å². The fourth-order valence-electron chi connectivity index (χ4n) is 5.24. The van der Waals surface area contributed by atoms with Gasteiger partial charge in [-0.25, -0.2) is 4.98 Å². The standard InChI is InChI=1S/C29H36ClN5O2/c1-21-31-18-25(32-21)20-35-15-11-26(12-16-35)37-28-8-7-23(17-27(28)30)29(36)33-24-9-13-34(14-10-24)19-22-5-3-2-4-6-22/h2-8,17-18,24,26H,9-16,19-20H2,1H3,(H,31,32)(H,33,36). The fourth-order valence-corrected chi connectivity index (χ4v) is 5.47. The zero-order valence-electron chi connectivity index (χ0n) is 21.5. The van der Waals surface area contributed by atoms with Gasteiger partial charge in [0.25, 0.3) is 5.91 Å². The van der Waals surface area contributed by atoms with Gasteiger partial charge in [0.2, 0.25) is 0 Å². The van der Waals surface area contributed by atoms with E-state index in [9.17, 15) is 4.79 Å². The molecule has 1 aromatic heterocycles. The number of carbonyl (C=O) groups excluding carboxylic acids is 1. The molecular weight excluding hydrogens is 486 g/mol. The predicted octanol–water partition coefficient (Wildman–Crippen LogP) is 4.81. The van der Waals surface area contributed by atoms with E-state index in [4.69, 9.17) is 16.3 Å². The van der Waals surface area contributed by atoms with E-state index >= 15 is 0 Å². The Labute approximate surface area is 224 Å². The Kier molecular flexibility index (Phi) is 8.44. The van der Waals surface area contributed by atoms with Gasteiger partial charge in [0, 0.05) is 62.8 Å². The average Bonchev–Trinajstić information content (AvgIpc) is 3.32. The van der Waals surface area contributed by atoms with E-state index in [1.165, 1.54) is 5.56 Å². The van der Waals surface area contributed by atoms with Gasteiger partial charge in [0.05, 0.1) is 5.02 Å². The van der Waals surface area contributed by atoms with Gasteiger partial charge in [-0.2, -0.15) is 0 Å². The second kappa shape index (κ2) is 12.1. The molecule has 0 unspecified atom stereocenters. The zero-order chi connectivity index (χ0) is 25.6. The van der Waals surface area contributed by atoms with E-state index in [0.29, 0.717) is 16.3 Å². The lowest BCUT2D eigenvalue weighted by Gasteiger charge is -2.32. The second-order valence-corrected chi connectivity index (χ2v) is 10.6. The molecule has 2 saturated heterocycles. The normalized spacial score (nSPS) is 18.1. The highest BCUT2D eigenvalue weighted by Crippen LogP contribution is 2.29. The lowest BCUT2D eigenvalue weighted by atomic mass is 10.0. The molecule has 5 rings (SSSR count). The van der Waals surface area contributed by atoms with Gasteiger partial charge >= 0.3 is 0 Å². The fraction of sp³-hybridized carbons (Fsp3) is 0.448. The van der Waals surface area contributed by atoms with Gasteiger partial charge < -0.3 is 15.0 Å². The van der Waals surface area contributed by atoms with Crippen LogP contribution in [0.5, 0.6) is 5.75 Å². The maximum absolute atomic E-state index is 12.9. The number of piperidine rings is 2. The SMILES string of the molecule is Cc1ncc(CN2CCC(Oc3ccc(C(=O)NC4CCN(Cc5ccccc5)CC4)cc3Cl)CC2)[nH]1. The van der Waals surface area contributed by atoms with E-state index in [1.807, 2.05) is 31.3 Å². The Morgan fingerprint density at radius 2 is 1.73 bits per heavy atom. The highest BCUT2D eigenvalue weighted by molar-refractivity contribution is 6.32. The molecule has 2 aromatic carbocycles. The summed E-state index contributed by atoms with van der Waals surface area (Å²) >= 11 is 6.54. The Hall–Kier alpha value is -2.87. The molecule has 0 aliphatic carbocycles. The molecule has 0 radical (unpaired) electrons. The Bertz CT molecular complexity index is 1170. The smallest absolute Gasteiger partial charge is 0.251 e. The number of imidazole rings is 1. The van der Waals surface area contributed by atoms with Crippen molar-refractivity contribution in [2.45, 2.75) is 57.8 Å². The number of likely N-dealkylation sites (tertiary alicyclic amines) is 2. The molecule has 2 aliphatic rings.